The summed E-state index contributed by atoms with van der Waals surface area (Å²) in [5.74, 6) is 0.250. The molecule has 0 aliphatic carbocycles. The minimum atomic E-state index is -0.427. The first kappa shape index (κ1) is 19.3. The zero-order chi connectivity index (χ0) is 20.1. The Labute approximate surface area is 169 Å². The molecule has 1 saturated heterocycles. The summed E-state index contributed by atoms with van der Waals surface area (Å²) in [7, 11) is 1.44. The summed E-state index contributed by atoms with van der Waals surface area (Å²) in [5, 5.41) is 11.5. The fourth-order valence-electron chi connectivity index (χ4n) is 3.59. The second kappa shape index (κ2) is 8.96. The maximum atomic E-state index is 14.0. The van der Waals surface area contributed by atoms with E-state index in [0.29, 0.717) is 23.2 Å². The van der Waals surface area contributed by atoms with Crippen LogP contribution in [0.2, 0.25) is 0 Å². The van der Waals surface area contributed by atoms with Crippen LogP contribution in [0.3, 0.4) is 0 Å². The lowest BCUT2D eigenvalue weighted by Gasteiger charge is -2.32. The van der Waals surface area contributed by atoms with E-state index in [1.165, 1.54) is 24.9 Å². The summed E-state index contributed by atoms with van der Waals surface area (Å²) < 4.78 is 19.0. The number of hydrogen-bond acceptors (Lipinski definition) is 6. The molecule has 0 bridgehead atoms. The maximum absolute atomic E-state index is 14.0. The number of hydrogen-bond donors (Lipinski definition) is 1. The van der Waals surface area contributed by atoms with E-state index in [0.717, 1.165) is 32.5 Å². The van der Waals surface area contributed by atoms with E-state index in [1.807, 2.05) is 6.07 Å². The van der Waals surface area contributed by atoms with Crippen molar-refractivity contribution in [1.29, 1.82) is 0 Å². The monoisotopic (exact) mass is 393 g/mol. The van der Waals surface area contributed by atoms with E-state index in [4.69, 9.17) is 4.74 Å². The summed E-state index contributed by atoms with van der Waals surface area (Å²) in [6.07, 6.45) is 3.56. The van der Waals surface area contributed by atoms with Crippen LogP contribution >= 0.6 is 0 Å². The molecule has 0 atom stereocenters. The van der Waals surface area contributed by atoms with Gasteiger partial charge >= 0.3 is 0 Å². The van der Waals surface area contributed by atoms with Crippen molar-refractivity contribution in [3.63, 3.8) is 0 Å². The quantitative estimate of drug-likeness (QED) is 0.688. The van der Waals surface area contributed by atoms with Crippen molar-refractivity contribution in [2.24, 2.45) is 0 Å². The molecule has 3 aromatic rings. The first-order valence-electron chi connectivity index (χ1n) is 9.78. The van der Waals surface area contributed by atoms with E-state index in [2.05, 4.69) is 49.7 Å². The molecule has 1 aliphatic heterocycles. The maximum Gasteiger partial charge on any atom is 0.243 e. The smallest absolute Gasteiger partial charge is 0.243 e. The Kier molecular flexibility index (Phi) is 5.95. The van der Waals surface area contributed by atoms with Gasteiger partial charge in [0.2, 0.25) is 5.95 Å². The van der Waals surface area contributed by atoms with Crippen LogP contribution in [0.25, 0.3) is 11.3 Å². The standard InChI is InChI=1S/C22H24FN5O/c1-29-21-8-7-17(13-19(21)23)20-14-24-27-22(26-20)25-18-9-11-28(12-10-18)15-16-5-3-2-4-6-16/h2-8,13-14,18H,9-12,15H2,1H3,(H,25,26,27). The number of nitrogens with one attached hydrogen (secondary N) is 1. The van der Waals surface area contributed by atoms with Crippen molar-refractivity contribution in [2.45, 2.75) is 25.4 Å². The van der Waals surface area contributed by atoms with E-state index in [1.54, 1.807) is 12.1 Å². The van der Waals surface area contributed by atoms with E-state index in [-0.39, 0.29) is 5.75 Å². The molecule has 0 saturated carbocycles. The highest BCUT2D eigenvalue weighted by molar-refractivity contribution is 5.60. The molecule has 1 aliphatic rings. The number of aromatic nitrogens is 3. The summed E-state index contributed by atoms with van der Waals surface area (Å²) in [6, 6.07) is 15.6. The van der Waals surface area contributed by atoms with Gasteiger partial charge in [0, 0.05) is 31.2 Å². The lowest BCUT2D eigenvalue weighted by atomic mass is 10.0. The molecule has 7 heteroatoms. The number of nitrogens with zero attached hydrogens (tertiary/aromatic N) is 4. The van der Waals surface area contributed by atoms with Gasteiger partial charge in [0.05, 0.1) is 19.0 Å². The average Bonchev–Trinajstić information content (AvgIpc) is 2.76. The summed E-state index contributed by atoms with van der Waals surface area (Å²) in [4.78, 5) is 6.98. The van der Waals surface area contributed by atoms with Crippen LogP contribution in [0.5, 0.6) is 5.75 Å². The first-order chi connectivity index (χ1) is 14.2. The number of rotatable bonds is 6. The van der Waals surface area contributed by atoms with Crippen LogP contribution in [-0.2, 0) is 6.54 Å². The number of piperidine rings is 1. The molecule has 6 nitrogen and oxygen atoms in total. The largest absolute Gasteiger partial charge is 0.494 e. The number of anilines is 1. The van der Waals surface area contributed by atoms with Gasteiger partial charge in [-0.25, -0.2) is 9.37 Å². The van der Waals surface area contributed by atoms with Gasteiger partial charge in [0.25, 0.3) is 0 Å². The third kappa shape index (κ3) is 4.86. The molecule has 0 radical (unpaired) electrons. The molecule has 150 valence electrons. The summed E-state index contributed by atoms with van der Waals surface area (Å²) in [6.45, 7) is 3.01. The molecule has 29 heavy (non-hydrogen) atoms. The van der Waals surface area contributed by atoms with Crippen LogP contribution in [0.1, 0.15) is 18.4 Å². The number of likely N-dealkylation sites (tertiary alicyclic amines) is 1. The fourth-order valence-corrected chi connectivity index (χ4v) is 3.59. The van der Waals surface area contributed by atoms with Gasteiger partial charge in [-0.15, -0.1) is 5.10 Å². The van der Waals surface area contributed by atoms with E-state index < -0.39 is 5.82 Å². The fraction of sp³-hybridized carbons (Fsp3) is 0.318. The van der Waals surface area contributed by atoms with Gasteiger partial charge in [-0.3, -0.25) is 4.90 Å². The Bertz CT molecular complexity index is 945. The zero-order valence-electron chi connectivity index (χ0n) is 16.4. The molecular formula is C22H24FN5O. The normalized spacial score (nSPS) is 15.2. The predicted molar refractivity (Wildman–Crippen MR) is 110 cm³/mol. The summed E-state index contributed by atoms with van der Waals surface area (Å²) in [5.41, 5.74) is 2.55. The topological polar surface area (TPSA) is 63.2 Å². The summed E-state index contributed by atoms with van der Waals surface area (Å²) >= 11 is 0. The van der Waals surface area contributed by atoms with Gasteiger partial charge in [-0.2, -0.15) is 5.10 Å². The number of benzene rings is 2. The Morgan fingerprint density at radius 3 is 2.66 bits per heavy atom. The molecule has 2 heterocycles. The van der Waals surface area contributed by atoms with E-state index >= 15 is 0 Å². The highest BCUT2D eigenvalue weighted by Crippen LogP contribution is 2.24. The highest BCUT2D eigenvalue weighted by Gasteiger charge is 2.20. The average molecular weight is 393 g/mol. The third-order valence-corrected chi connectivity index (χ3v) is 5.18. The third-order valence-electron chi connectivity index (χ3n) is 5.18. The van der Waals surface area contributed by atoms with Gasteiger partial charge in [0.15, 0.2) is 11.6 Å². The van der Waals surface area contributed by atoms with Crippen molar-refractivity contribution in [2.75, 3.05) is 25.5 Å². The van der Waals surface area contributed by atoms with Crippen molar-refractivity contribution in [1.82, 2.24) is 20.1 Å². The number of halogens is 1. The molecule has 4 rings (SSSR count). The Balaban J connectivity index is 1.36. The number of ether oxygens (including phenoxy) is 1. The van der Waals surface area contributed by atoms with Gasteiger partial charge in [-0.1, -0.05) is 30.3 Å². The van der Waals surface area contributed by atoms with Crippen LogP contribution in [0.4, 0.5) is 10.3 Å². The lowest BCUT2D eigenvalue weighted by molar-refractivity contribution is 0.211. The SMILES string of the molecule is COc1ccc(-c2cnnc(NC3CCN(Cc4ccccc4)CC3)n2)cc1F. The highest BCUT2D eigenvalue weighted by atomic mass is 19.1. The van der Waals surface area contributed by atoms with Crippen LogP contribution in [0, 0.1) is 5.82 Å². The van der Waals surface area contributed by atoms with Crippen molar-refractivity contribution in [3.05, 3.63) is 66.1 Å². The molecule has 2 aromatic carbocycles. The Morgan fingerprint density at radius 2 is 1.93 bits per heavy atom. The van der Waals surface area contributed by atoms with Crippen LogP contribution in [0.15, 0.2) is 54.7 Å². The van der Waals surface area contributed by atoms with Crippen molar-refractivity contribution < 1.29 is 9.13 Å². The van der Waals surface area contributed by atoms with E-state index in [9.17, 15) is 4.39 Å². The Morgan fingerprint density at radius 1 is 1.14 bits per heavy atom. The van der Waals surface area contributed by atoms with Crippen LogP contribution < -0.4 is 10.1 Å². The minimum Gasteiger partial charge on any atom is -0.494 e. The second-order valence-corrected chi connectivity index (χ2v) is 7.19. The molecule has 1 fully saturated rings. The molecule has 1 aromatic heterocycles. The lowest BCUT2D eigenvalue weighted by Crippen LogP contribution is -2.39. The second-order valence-electron chi connectivity index (χ2n) is 7.19. The van der Waals surface area contributed by atoms with Gasteiger partial charge in [-0.05, 0) is 36.6 Å². The van der Waals surface area contributed by atoms with Crippen molar-refractivity contribution >= 4 is 5.95 Å². The number of methoxy groups -OCH3 is 1. The van der Waals surface area contributed by atoms with Crippen molar-refractivity contribution in [3.8, 4) is 17.0 Å². The minimum absolute atomic E-state index is 0.205. The van der Waals surface area contributed by atoms with Crippen LogP contribution in [-0.4, -0.2) is 46.3 Å². The zero-order valence-corrected chi connectivity index (χ0v) is 16.4. The van der Waals surface area contributed by atoms with Gasteiger partial charge < -0.3 is 10.1 Å². The molecule has 0 unspecified atom stereocenters. The molecule has 1 N–H and O–H groups in total. The predicted octanol–water partition coefficient (Wildman–Crippen LogP) is 3.76. The molecule has 0 amide bonds. The first-order valence-corrected chi connectivity index (χ1v) is 9.78. The Hall–Kier alpha value is -3.06. The molecule has 0 spiro atoms. The molecular weight excluding hydrogens is 369 g/mol. The van der Waals surface area contributed by atoms with Gasteiger partial charge in [0.1, 0.15) is 0 Å².